The van der Waals surface area contributed by atoms with Crippen molar-refractivity contribution in [3.63, 3.8) is 0 Å². The van der Waals surface area contributed by atoms with E-state index in [4.69, 9.17) is 5.73 Å². The molecule has 5 atom stereocenters. The first kappa shape index (κ1) is 25.8. The summed E-state index contributed by atoms with van der Waals surface area (Å²) in [7, 11) is 0. The summed E-state index contributed by atoms with van der Waals surface area (Å²) in [4.78, 5) is 51.0. The lowest BCUT2D eigenvalue weighted by molar-refractivity contribution is -0.149. The van der Waals surface area contributed by atoms with Crippen LogP contribution < -0.4 is 16.4 Å². The van der Waals surface area contributed by atoms with Gasteiger partial charge in [0.1, 0.15) is 24.2 Å². The first-order chi connectivity index (χ1) is 13.9. The van der Waals surface area contributed by atoms with E-state index in [1.807, 2.05) is 13.8 Å². The Morgan fingerprint density at radius 2 is 1.67 bits per heavy atom. The smallest absolute Gasteiger partial charge is 0.326 e. The van der Waals surface area contributed by atoms with Gasteiger partial charge in [0.15, 0.2) is 0 Å². The summed E-state index contributed by atoms with van der Waals surface area (Å²) in [5.74, 6) is -2.95. The van der Waals surface area contributed by atoms with Crippen molar-refractivity contribution in [2.24, 2.45) is 17.6 Å². The zero-order valence-corrected chi connectivity index (χ0v) is 18.4. The Balaban J connectivity index is 2.98. The predicted molar refractivity (Wildman–Crippen MR) is 110 cm³/mol. The SMILES string of the molecule is CC(C)CC(NC(=O)C(NC(=O)C(N)C(C)O)C(C)C)C(=O)N1CCCC1C(=O)O. The lowest BCUT2D eigenvalue weighted by Crippen LogP contribution is -2.59. The van der Waals surface area contributed by atoms with Crippen LogP contribution in [-0.2, 0) is 19.2 Å². The number of likely N-dealkylation sites (tertiary alicyclic amines) is 1. The van der Waals surface area contributed by atoms with E-state index in [0.717, 1.165) is 0 Å². The zero-order valence-electron chi connectivity index (χ0n) is 18.4. The third-order valence-electron chi connectivity index (χ3n) is 5.21. The minimum absolute atomic E-state index is 0.0703. The van der Waals surface area contributed by atoms with Gasteiger partial charge in [-0.1, -0.05) is 27.7 Å². The molecule has 1 heterocycles. The molecule has 0 aromatic rings. The van der Waals surface area contributed by atoms with Crippen molar-refractivity contribution in [3.8, 4) is 0 Å². The zero-order chi connectivity index (χ0) is 23.2. The molecule has 0 aliphatic carbocycles. The van der Waals surface area contributed by atoms with Crippen molar-refractivity contribution in [3.05, 3.63) is 0 Å². The number of hydrogen-bond donors (Lipinski definition) is 5. The molecular formula is C20H36N4O6. The molecule has 1 rings (SSSR count). The molecule has 3 amide bonds. The van der Waals surface area contributed by atoms with Crippen LogP contribution in [0.1, 0.15) is 53.9 Å². The van der Waals surface area contributed by atoms with Crippen molar-refractivity contribution >= 4 is 23.7 Å². The Kier molecular flexibility index (Phi) is 9.70. The number of hydrogen-bond acceptors (Lipinski definition) is 6. The van der Waals surface area contributed by atoms with Crippen LogP contribution in [0.4, 0.5) is 0 Å². The maximum atomic E-state index is 13.1. The highest BCUT2D eigenvalue weighted by Crippen LogP contribution is 2.20. The summed E-state index contributed by atoms with van der Waals surface area (Å²) in [5.41, 5.74) is 5.64. The van der Waals surface area contributed by atoms with Crippen LogP contribution in [0.2, 0.25) is 0 Å². The number of amides is 3. The van der Waals surface area contributed by atoms with Crippen molar-refractivity contribution in [1.82, 2.24) is 15.5 Å². The van der Waals surface area contributed by atoms with Gasteiger partial charge >= 0.3 is 5.97 Å². The molecule has 0 aromatic carbocycles. The van der Waals surface area contributed by atoms with Gasteiger partial charge < -0.3 is 31.5 Å². The van der Waals surface area contributed by atoms with Crippen LogP contribution in [0.15, 0.2) is 0 Å². The van der Waals surface area contributed by atoms with E-state index in [-0.39, 0.29) is 11.8 Å². The normalized spacial score (nSPS) is 20.6. The van der Waals surface area contributed by atoms with Gasteiger partial charge in [0.2, 0.25) is 17.7 Å². The number of aliphatic carboxylic acids is 1. The van der Waals surface area contributed by atoms with E-state index < -0.39 is 54.0 Å². The number of carbonyl (C=O) groups excluding carboxylic acids is 3. The number of aliphatic hydroxyl groups is 1. The highest BCUT2D eigenvalue weighted by Gasteiger charge is 2.39. The van der Waals surface area contributed by atoms with E-state index in [0.29, 0.717) is 25.8 Å². The average molecular weight is 429 g/mol. The predicted octanol–water partition coefficient (Wildman–Crippen LogP) is -0.558. The number of rotatable bonds is 10. The van der Waals surface area contributed by atoms with E-state index in [2.05, 4.69) is 10.6 Å². The van der Waals surface area contributed by atoms with Crippen molar-refractivity contribution in [2.75, 3.05) is 6.54 Å². The fourth-order valence-electron chi connectivity index (χ4n) is 3.45. The molecule has 10 nitrogen and oxygen atoms in total. The number of carboxylic acids is 1. The Morgan fingerprint density at radius 3 is 2.13 bits per heavy atom. The Morgan fingerprint density at radius 1 is 1.07 bits per heavy atom. The molecule has 1 aliphatic heterocycles. The van der Waals surface area contributed by atoms with Gasteiger partial charge in [-0.25, -0.2) is 4.79 Å². The minimum atomic E-state index is -1.19. The van der Waals surface area contributed by atoms with Crippen LogP contribution in [0.5, 0.6) is 0 Å². The first-order valence-corrected chi connectivity index (χ1v) is 10.4. The quantitative estimate of drug-likeness (QED) is 0.311. The molecule has 5 unspecified atom stereocenters. The molecule has 0 aromatic heterocycles. The van der Waals surface area contributed by atoms with Gasteiger partial charge in [0, 0.05) is 6.54 Å². The minimum Gasteiger partial charge on any atom is -0.480 e. The van der Waals surface area contributed by atoms with E-state index in [1.54, 1.807) is 13.8 Å². The highest BCUT2D eigenvalue weighted by molar-refractivity contribution is 5.94. The van der Waals surface area contributed by atoms with Crippen LogP contribution >= 0.6 is 0 Å². The second-order valence-corrected chi connectivity index (χ2v) is 8.72. The molecule has 1 fully saturated rings. The van der Waals surface area contributed by atoms with Crippen LogP contribution in [0, 0.1) is 11.8 Å². The van der Waals surface area contributed by atoms with Crippen molar-refractivity contribution in [2.45, 2.75) is 84.2 Å². The molecule has 10 heteroatoms. The second kappa shape index (κ2) is 11.3. The lowest BCUT2D eigenvalue weighted by atomic mass is 9.99. The summed E-state index contributed by atoms with van der Waals surface area (Å²) in [6, 6.07) is -3.94. The van der Waals surface area contributed by atoms with Gasteiger partial charge in [-0.2, -0.15) is 0 Å². The molecule has 0 radical (unpaired) electrons. The van der Waals surface area contributed by atoms with E-state index >= 15 is 0 Å². The molecule has 172 valence electrons. The fraction of sp³-hybridized carbons (Fsp3) is 0.800. The molecule has 0 saturated carbocycles. The number of carbonyl (C=O) groups is 4. The summed E-state index contributed by atoms with van der Waals surface area (Å²) < 4.78 is 0. The molecule has 0 spiro atoms. The third-order valence-corrected chi connectivity index (χ3v) is 5.21. The van der Waals surface area contributed by atoms with Crippen molar-refractivity contribution < 1.29 is 29.4 Å². The summed E-state index contributed by atoms with van der Waals surface area (Å²) >= 11 is 0. The number of carboxylic acid groups (broad SMARTS) is 1. The van der Waals surface area contributed by atoms with Crippen LogP contribution in [-0.4, -0.2) is 75.6 Å². The first-order valence-electron chi connectivity index (χ1n) is 10.4. The van der Waals surface area contributed by atoms with E-state index in [9.17, 15) is 29.4 Å². The van der Waals surface area contributed by atoms with Gasteiger partial charge in [-0.15, -0.1) is 0 Å². The Labute approximate surface area is 177 Å². The van der Waals surface area contributed by atoms with Crippen LogP contribution in [0.3, 0.4) is 0 Å². The van der Waals surface area contributed by atoms with Crippen LogP contribution in [0.25, 0.3) is 0 Å². The Bertz CT molecular complexity index is 637. The number of aliphatic hydroxyl groups excluding tert-OH is 1. The largest absolute Gasteiger partial charge is 0.480 e. The molecular weight excluding hydrogens is 392 g/mol. The Hall–Kier alpha value is -2.20. The third kappa shape index (κ3) is 6.94. The topological polar surface area (TPSA) is 162 Å². The maximum absolute atomic E-state index is 13.1. The molecule has 0 bridgehead atoms. The summed E-state index contributed by atoms with van der Waals surface area (Å²) in [5, 5.41) is 24.1. The number of nitrogens with two attached hydrogens (primary N) is 1. The van der Waals surface area contributed by atoms with Crippen molar-refractivity contribution in [1.29, 1.82) is 0 Å². The second-order valence-electron chi connectivity index (χ2n) is 8.72. The van der Waals surface area contributed by atoms with Gasteiger partial charge in [0.25, 0.3) is 0 Å². The average Bonchev–Trinajstić information content (AvgIpc) is 3.13. The monoisotopic (exact) mass is 428 g/mol. The standard InChI is InChI=1S/C20H36N4O6/c1-10(2)9-13(19(28)24-8-6-7-14(24)20(29)30)22-18(27)16(11(3)4)23-17(26)15(21)12(5)25/h10-16,25H,6-9,21H2,1-5H3,(H,22,27)(H,23,26)(H,29,30). The highest BCUT2D eigenvalue weighted by atomic mass is 16.4. The summed E-state index contributed by atoms with van der Waals surface area (Å²) in [6.07, 6.45) is 0.219. The van der Waals surface area contributed by atoms with Gasteiger partial charge in [0.05, 0.1) is 6.10 Å². The molecule has 1 saturated heterocycles. The molecule has 30 heavy (non-hydrogen) atoms. The van der Waals surface area contributed by atoms with E-state index in [1.165, 1.54) is 11.8 Å². The molecule has 6 N–H and O–H groups in total. The van der Waals surface area contributed by atoms with Gasteiger partial charge in [-0.3, -0.25) is 14.4 Å². The number of nitrogens with one attached hydrogen (secondary N) is 2. The van der Waals surface area contributed by atoms with Gasteiger partial charge in [-0.05, 0) is 38.0 Å². The number of nitrogens with zero attached hydrogens (tertiary/aromatic N) is 1. The lowest BCUT2D eigenvalue weighted by Gasteiger charge is -2.30. The fourth-order valence-corrected chi connectivity index (χ4v) is 3.45. The maximum Gasteiger partial charge on any atom is 0.326 e. The molecule has 1 aliphatic rings. The summed E-state index contributed by atoms with van der Waals surface area (Å²) in [6.45, 7) is 8.97.